The third-order valence-electron chi connectivity index (χ3n) is 5.34. The van der Waals surface area contributed by atoms with Crippen LogP contribution in [-0.4, -0.2) is 36.3 Å². The van der Waals surface area contributed by atoms with Crippen LogP contribution in [0.4, 0.5) is 0 Å². The molecule has 1 saturated heterocycles. The number of thiophene rings is 1. The third-order valence-corrected chi connectivity index (χ3v) is 6.49. The standard InChI is InChI=1S/C17H23N3O2S/c1-10-3-4-12-13(9-10)23-17-14(12)16(21)18-15(19-17)11(2)20-5-7-22-8-6-20/h10-11H,3-9H2,1-2H3,(H,18,19,21)/p+1/t10-,11-/m0/s1. The monoisotopic (exact) mass is 334 g/mol. The lowest BCUT2D eigenvalue weighted by molar-refractivity contribution is -0.937. The summed E-state index contributed by atoms with van der Waals surface area (Å²) in [7, 11) is 0. The lowest BCUT2D eigenvalue weighted by Gasteiger charge is -2.28. The molecule has 0 radical (unpaired) electrons. The molecule has 23 heavy (non-hydrogen) atoms. The Balaban J connectivity index is 1.74. The van der Waals surface area contributed by atoms with Crippen LogP contribution in [0.5, 0.6) is 0 Å². The minimum Gasteiger partial charge on any atom is -0.370 e. The number of morpholine rings is 1. The molecule has 0 aromatic carbocycles. The molecule has 0 unspecified atom stereocenters. The third kappa shape index (κ3) is 2.73. The second-order valence-corrected chi connectivity index (χ2v) is 8.06. The second kappa shape index (κ2) is 6.00. The first-order valence-electron chi connectivity index (χ1n) is 8.60. The van der Waals surface area contributed by atoms with Gasteiger partial charge in [-0.25, -0.2) is 4.98 Å². The first-order valence-corrected chi connectivity index (χ1v) is 9.42. The van der Waals surface area contributed by atoms with E-state index in [-0.39, 0.29) is 11.6 Å². The maximum absolute atomic E-state index is 12.7. The van der Waals surface area contributed by atoms with Crippen LogP contribution in [0.25, 0.3) is 10.2 Å². The number of hydrogen-bond donors (Lipinski definition) is 2. The van der Waals surface area contributed by atoms with Gasteiger partial charge in [0.15, 0.2) is 5.82 Å². The zero-order valence-electron chi connectivity index (χ0n) is 13.8. The Hall–Kier alpha value is -1.24. The number of aromatic amines is 1. The highest BCUT2D eigenvalue weighted by molar-refractivity contribution is 7.18. The average Bonchev–Trinajstić information content (AvgIpc) is 2.92. The number of quaternary nitrogens is 1. The van der Waals surface area contributed by atoms with Crippen LogP contribution in [0, 0.1) is 5.92 Å². The molecular weight excluding hydrogens is 310 g/mol. The van der Waals surface area contributed by atoms with E-state index in [9.17, 15) is 4.79 Å². The van der Waals surface area contributed by atoms with E-state index in [1.807, 2.05) is 0 Å². The minimum absolute atomic E-state index is 0.0524. The highest BCUT2D eigenvalue weighted by Crippen LogP contribution is 2.35. The largest absolute Gasteiger partial charge is 0.370 e. The fraction of sp³-hybridized carbons (Fsp3) is 0.647. The molecule has 5 nitrogen and oxygen atoms in total. The van der Waals surface area contributed by atoms with Crippen molar-refractivity contribution < 1.29 is 9.64 Å². The van der Waals surface area contributed by atoms with Crippen molar-refractivity contribution >= 4 is 21.6 Å². The zero-order chi connectivity index (χ0) is 16.0. The maximum atomic E-state index is 12.7. The first kappa shape index (κ1) is 15.3. The number of aromatic nitrogens is 2. The first-order chi connectivity index (χ1) is 11.1. The van der Waals surface area contributed by atoms with Gasteiger partial charge < -0.3 is 14.6 Å². The summed E-state index contributed by atoms with van der Waals surface area (Å²) in [5.41, 5.74) is 1.31. The number of fused-ring (bicyclic) bond motifs is 3. The Bertz CT molecular complexity index is 776. The number of hydrogen-bond acceptors (Lipinski definition) is 4. The fourth-order valence-electron chi connectivity index (χ4n) is 3.83. The molecule has 0 amide bonds. The molecule has 0 saturated carbocycles. The van der Waals surface area contributed by atoms with Crippen molar-refractivity contribution in [1.82, 2.24) is 9.97 Å². The molecule has 2 atom stereocenters. The van der Waals surface area contributed by atoms with Crippen molar-refractivity contribution in [3.05, 3.63) is 26.6 Å². The van der Waals surface area contributed by atoms with E-state index in [0.717, 1.165) is 55.2 Å². The van der Waals surface area contributed by atoms with Crippen molar-refractivity contribution in [1.29, 1.82) is 0 Å². The van der Waals surface area contributed by atoms with Gasteiger partial charge in [0.05, 0.1) is 18.6 Å². The molecule has 2 aromatic heterocycles. The molecule has 4 rings (SSSR count). The summed E-state index contributed by atoms with van der Waals surface area (Å²) < 4.78 is 5.43. The van der Waals surface area contributed by atoms with Crippen molar-refractivity contribution in [2.24, 2.45) is 5.92 Å². The van der Waals surface area contributed by atoms with Gasteiger partial charge in [-0.05, 0) is 37.7 Å². The van der Waals surface area contributed by atoms with Crippen LogP contribution in [0.2, 0.25) is 0 Å². The molecule has 3 heterocycles. The Morgan fingerprint density at radius 3 is 2.96 bits per heavy atom. The fourth-order valence-corrected chi connectivity index (χ4v) is 5.22. The number of aryl methyl sites for hydroxylation is 1. The summed E-state index contributed by atoms with van der Waals surface area (Å²) in [6.07, 6.45) is 3.29. The van der Waals surface area contributed by atoms with Crippen molar-refractivity contribution in [2.45, 2.75) is 39.2 Å². The Kier molecular flexibility index (Phi) is 3.99. The van der Waals surface area contributed by atoms with Gasteiger partial charge in [-0.15, -0.1) is 11.3 Å². The van der Waals surface area contributed by atoms with E-state index in [1.54, 1.807) is 11.3 Å². The molecule has 2 aliphatic rings. The van der Waals surface area contributed by atoms with Crippen molar-refractivity contribution in [3.63, 3.8) is 0 Å². The van der Waals surface area contributed by atoms with Gasteiger partial charge in [0.25, 0.3) is 5.56 Å². The second-order valence-electron chi connectivity index (χ2n) is 6.98. The van der Waals surface area contributed by atoms with E-state index in [1.165, 1.54) is 21.8 Å². The molecular formula is C17H24N3O2S+. The van der Waals surface area contributed by atoms with Crippen molar-refractivity contribution in [2.75, 3.05) is 26.3 Å². The van der Waals surface area contributed by atoms with Gasteiger partial charge in [0.1, 0.15) is 24.0 Å². The summed E-state index contributed by atoms with van der Waals surface area (Å²) in [5, 5.41) is 0.852. The molecule has 2 N–H and O–H groups in total. The van der Waals surface area contributed by atoms with Gasteiger partial charge in [-0.1, -0.05) is 6.92 Å². The van der Waals surface area contributed by atoms with E-state index in [4.69, 9.17) is 9.72 Å². The van der Waals surface area contributed by atoms with Crippen LogP contribution < -0.4 is 10.5 Å². The molecule has 1 aliphatic carbocycles. The van der Waals surface area contributed by atoms with E-state index in [0.29, 0.717) is 5.92 Å². The molecule has 1 fully saturated rings. The lowest BCUT2D eigenvalue weighted by atomic mass is 9.89. The van der Waals surface area contributed by atoms with Gasteiger partial charge in [-0.3, -0.25) is 4.79 Å². The number of ether oxygens (including phenoxy) is 1. The lowest BCUT2D eigenvalue weighted by Crippen LogP contribution is -3.14. The average molecular weight is 334 g/mol. The van der Waals surface area contributed by atoms with Crippen LogP contribution in [0.3, 0.4) is 0 Å². The molecule has 0 spiro atoms. The smallest absolute Gasteiger partial charge is 0.260 e. The topological polar surface area (TPSA) is 59.4 Å². The van der Waals surface area contributed by atoms with Gasteiger partial charge >= 0.3 is 0 Å². The van der Waals surface area contributed by atoms with E-state index >= 15 is 0 Å². The summed E-state index contributed by atoms with van der Waals surface area (Å²) in [6.45, 7) is 7.97. The predicted molar refractivity (Wildman–Crippen MR) is 91.4 cm³/mol. The Morgan fingerprint density at radius 2 is 2.17 bits per heavy atom. The highest BCUT2D eigenvalue weighted by atomic mass is 32.1. The van der Waals surface area contributed by atoms with Crippen LogP contribution in [0.15, 0.2) is 4.79 Å². The summed E-state index contributed by atoms with van der Waals surface area (Å²) in [5.74, 6) is 1.54. The van der Waals surface area contributed by atoms with Gasteiger partial charge in [0, 0.05) is 4.88 Å². The summed E-state index contributed by atoms with van der Waals surface area (Å²) >= 11 is 1.73. The number of nitrogens with one attached hydrogen (secondary N) is 2. The normalized spacial score (nSPS) is 23.8. The quantitative estimate of drug-likeness (QED) is 0.864. The summed E-state index contributed by atoms with van der Waals surface area (Å²) in [6, 6.07) is 0.203. The Morgan fingerprint density at radius 1 is 1.39 bits per heavy atom. The highest BCUT2D eigenvalue weighted by Gasteiger charge is 2.27. The number of nitrogens with zero attached hydrogens (tertiary/aromatic N) is 1. The van der Waals surface area contributed by atoms with Crippen LogP contribution >= 0.6 is 11.3 Å². The zero-order valence-corrected chi connectivity index (χ0v) is 14.6. The maximum Gasteiger partial charge on any atom is 0.260 e. The summed E-state index contributed by atoms with van der Waals surface area (Å²) in [4.78, 5) is 24.3. The molecule has 1 aliphatic heterocycles. The SMILES string of the molecule is C[C@H]1CCc2c(sc3nc([C@H](C)[NH+]4CCOCC4)[nH]c(=O)c23)C1. The Labute approximate surface area is 139 Å². The molecule has 2 aromatic rings. The molecule has 6 heteroatoms. The van der Waals surface area contributed by atoms with E-state index < -0.39 is 0 Å². The molecule has 124 valence electrons. The van der Waals surface area contributed by atoms with Gasteiger partial charge in [-0.2, -0.15) is 0 Å². The van der Waals surface area contributed by atoms with Crippen molar-refractivity contribution in [3.8, 4) is 0 Å². The number of H-pyrrole nitrogens is 1. The van der Waals surface area contributed by atoms with Crippen LogP contribution in [-0.2, 0) is 17.6 Å². The van der Waals surface area contributed by atoms with E-state index in [2.05, 4.69) is 18.8 Å². The van der Waals surface area contributed by atoms with Crippen LogP contribution in [0.1, 0.15) is 42.6 Å². The van der Waals surface area contributed by atoms with Gasteiger partial charge in [0.2, 0.25) is 0 Å². The number of rotatable bonds is 2. The minimum atomic E-state index is 0.0524. The molecule has 0 bridgehead atoms. The predicted octanol–water partition coefficient (Wildman–Crippen LogP) is 1.09.